The Bertz CT molecular complexity index is 413. The van der Waals surface area contributed by atoms with Crippen LogP contribution in [0.1, 0.15) is 48.5 Å². The topological polar surface area (TPSA) is 52.6 Å². The fourth-order valence-electron chi connectivity index (χ4n) is 2.31. The molecule has 0 N–H and O–H groups in total. The average Bonchev–Trinajstić information content (AvgIpc) is 2.73. The van der Waals surface area contributed by atoms with Crippen molar-refractivity contribution in [3.8, 4) is 0 Å². The minimum absolute atomic E-state index is 0.0251. The molecule has 4 nitrogen and oxygen atoms in total. The molecule has 0 bridgehead atoms. The summed E-state index contributed by atoms with van der Waals surface area (Å²) in [4.78, 5) is 23.6. The first-order valence-electron chi connectivity index (χ1n) is 7.07. The second-order valence-electron chi connectivity index (χ2n) is 7.20. The normalized spacial score (nSPS) is 24.8. The monoisotopic (exact) mass is 282 g/mol. The van der Waals surface area contributed by atoms with E-state index < -0.39 is 5.60 Å². The Hall–Kier alpha value is -1.32. The van der Waals surface area contributed by atoms with Crippen molar-refractivity contribution in [1.29, 1.82) is 0 Å². The molecule has 0 spiro atoms. The third kappa shape index (κ3) is 4.36. The van der Waals surface area contributed by atoms with Crippen LogP contribution >= 0.6 is 0 Å². The Morgan fingerprint density at radius 2 is 1.75 bits per heavy atom. The van der Waals surface area contributed by atoms with Gasteiger partial charge in [-0.1, -0.05) is 19.9 Å². The van der Waals surface area contributed by atoms with E-state index in [2.05, 4.69) is 0 Å². The smallest absolute Gasteiger partial charge is 0.330 e. The predicted octanol–water partition coefficient (Wildman–Crippen LogP) is 3.11. The highest BCUT2D eigenvalue weighted by molar-refractivity contribution is 5.83. The minimum Gasteiger partial charge on any atom is -0.460 e. The van der Waals surface area contributed by atoms with Gasteiger partial charge < -0.3 is 9.47 Å². The lowest BCUT2D eigenvalue weighted by Crippen LogP contribution is -2.26. The van der Waals surface area contributed by atoms with Crippen molar-refractivity contribution in [3.05, 3.63) is 12.2 Å². The maximum atomic E-state index is 12.1. The molecule has 0 heterocycles. The standard InChI is InChI=1S/C16H26O4/c1-10(2)19-12(17)9-8-11-13(16(11,6)7)14(18)20-15(3,4)5/h8-11,13H,1-7H3/b9-8-/t11-,13-/m0/s1. The minimum atomic E-state index is -0.486. The number of allylic oxidation sites excluding steroid dienone is 1. The number of hydrogen-bond acceptors (Lipinski definition) is 4. The molecule has 114 valence electrons. The van der Waals surface area contributed by atoms with Crippen molar-refractivity contribution in [2.45, 2.75) is 60.2 Å². The van der Waals surface area contributed by atoms with Crippen LogP contribution in [0.2, 0.25) is 0 Å². The fourth-order valence-corrected chi connectivity index (χ4v) is 2.31. The van der Waals surface area contributed by atoms with Crippen LogP contribution in [0.3, 0.4) is 0 Å². The third-order valence-corrected chi connectivity index (χ3v) is 3.36. The van der Waals surface area contributed by atoms with E-state index in [1.54, 1.807) is 19.9 Å². The highest BCUT2D eigenvalue weighted by Gasteiger charge is 2.61. The van der Waals surface area contributed by atoms with Crippen LogP contribution in [0.5, 0.6) is 0 Å². The van der Waals surface area contributed by atoms with Crippen LogP contribution in [0, 0.1) is 17.3 Å². The van der Waals surface area contributed by atoms with E-state index in [9.17, 15) is 9.59 Å². The van der Waals surface area contributed by atoms with Crippen LogP contribution in [0.25, 0.3) is 0 Å². The molecular weight excluding hydrogens is 256 g/mol. The molecule has 0 aliphatic heterocycles. The van der Waals surface area contributed by atoms with Crippen LogP contribution in [0.15, 0.2) is 12.2 Å². The third-order valence-electron chi connectivity index (χ3n) is 3.36. The lowest BCUT2D eigenvalue weighted by Gasteiger charge is -2.19. The Labute approximate surface area is 121 Å². The van der Waals surface area contributed by atoms with E-state index in [1.807, 2.05) is 34.6 Å². The van der Waals surface area contributed by atoms with Gasteiger partial charge in [0.1, 0.15) is 5.60 Å². The molecule has 1 rings (SSSR count). The Morgan fingerprint density at radius 3 is 2.20 bits per heavy atom. The number of carbonyl (C=O) groups excluding carboxylic acids is 2. The summed E-state index contributed by atoms with van der Waals surface area (Å²) in [6.07, 6.45) is 3.04. The van der Waals surface area contributed by atoms with Gasteiger partial charge in [-0.2, -0.15) is 0 Å². The molecule has 0 unspecified atom stereocenters. The second kappa shape index (κ2) is 5.58. The Kier molecular flexibility index (Phi) is 4.67. The van der Waals surface area contributed by atoms with Gasteiger partial charge in [0.25, 0.3) is 0 Å². The molecule has 0 saturated heterocycles. The van der Waals surface area contributed by atoms with Gasteiger partial charge in [0, 0.05) is 6.08 Å². The van der Waals surface area contributed by atoms with E-state index in [0.29, 0.717) is 0 Å². The van der Waals surface area contributed by atoms with Crippen molar-refractivity contribution in [2.75, 3.05) is 0 Å². The molecule has 0 aromatic heterocycles. The number of esters is 2. The summed E-state index contributed by atoms with van der Waals surface area (Å²) < 4.78 is 10.4. The lowest BCUT2D eigenvalue weighted by atomic mass is 10.1. The molecule has 0 radical (unpaired) electrons. The van der Waals surface area contributed by atoms with E-state index in [0.717, 1.165) is 0 Å². The average molecular weight is 282 g/mol. The zero-order valence-corrected chi connectivity index (χ0v) is 13.5. The van der Waals surface area contributed by atoms with Crippen LogP contribution in [-0.2, 0) is 19.1 Å². The molecule has 2 atom stereocenters. The molecule has 1 aliphatic carbocycles. The van der Waals surface area contributed by atoms with Crippen LogP contribution < -0.4 is 0 Å². The highest BCUT2D eigenvalue weighted by Crippen LogP contribution is 2.59. The van der Waals surface area contributed by atoms with Gasteiger partial charge in [0.2, 0.25) is 0 Å². The fraction of sp³-hybridized carbons (Fsp3) is 0.750. The molecule has 1 aliphatic rings. The van der Waals surface area contributed by atoms with Gasteiger partial charge in [-0.3, -0.25) is 4.79 Å². The summed E-state index contributed by atoms with van der Waals surface area (Å²) in [6, 6.07) is 0. The molecule has 0 amide bonds. The van der Waals surface area contributed by atoms with Crippen molar-refractivity contribution >= 4 is 11.9 Å². The largest absolute Gasteiger partial charge is 0.460 e. The second-order valence-corrected chi connectivity index (χ2v) is 7.20. The van der Waals surface area contributed by atoms with Gasteiger partial charge in [0.15, 0.2) is 0 Å². The lowest BCUT2D eigenvalue weighted by molar-refractivity contribution is -0.157. The van der Waals surface area contributed by atoms with E-state index in [1.165, 1.54) is 6.08 Å². The molecule has 4 heteroatoms. The summed E-state index contributed by atoms with van der Waals surface area (Å²) in [7, 11) is 0. The van der Waals surface area contributed by atoms with E-state index in [-0.39, 0.29) is 35.3 Å². The summed E-state index contributed by atoms with van der Waals surface area (Å²) in [5.41, 5.74) is -0.655. The SMILES string of the molecule is CC(C)OC(=O)/C=C\[C@H]1[C@@H](C(=O)OC(C)(C)C)C1(C)C. The quantitative estimate of drug-likeness (QED) is 0.587. The highest BCUT2D eigenvalue weighted by atomic mass is 16.6. The predicted molar refractivity (Wildman–Crippen MR) is 77.0 cm³/mol. The molecule has 20 heavy (non-hydrogen) atoms. The number of rotatable bonds is 4. The van der Waals surface area contributed by atoms with Crippen molar-refractivity contribution < 1.29 is 19.1 Å². The summed E-state index contributed by atoms with van der Waals surface area (Å²) in [5.74, 6) is -0.734. The molecule has 1 fully saturated rings. The van der Waals surface area contributed by atoms with Gasteiger partial charge in [-0.15, -0.1) is 0 Å². The van der Waals surface area contributed by atoms with Crippen LogP contribution in [0.4, 0.5) is 0 Å². The van der Waals surface area contributed by atoms with E-state index >= 15 is 0 Å². The first-order valence-corrected chi connectivity index (χ1v) is 7.07. The summed E-state index contributed by atoms with van der Waals surface area (Å²) >= 11 is 0. The first-order chi connectivity index (χ1) is 8.95. The number of carbonyl (C=O) groups is 2. The zero-order valence-electron chi connectivity index (χ0n) is 13.5. The van der Waals surface area contributed by atoms with Crippen LogP contribution in [-0.4, -0.2) is 23.6 Å². The van der Waals surface area contributed by atoms with Gasteiger partial charge in [-0.05, 0) is 46.0 Å². The van der Waals surface area contributed by atoms with Crippen molar-refractivity contribution in [1.82, 2.24) is 0 Å². The van der Waals surface area contributed by atoms with Gasteiger partial charge in [0.05, 0.1) is 12.0 Å². The summed E-state index contributed by atoms with van der Waals surface area (Å²) in [5, 5.41) is 0. The van der Waals surface area contributed by atoms with Gasteiger partial charge >= 0.3 is 11.9 Å². The zero-order chi connectivity index (χ0) is 15.7. The number of hydrogen-bond donors (Lipinski definition) is 0. The first kappa shape index (κ1) is 16.7. The van der Waals surface area contributed by atoms with Crippen molar-refractivity contribution in [2.24, 2.45) is 17.3 Å². The maximum Gasteiger partial charge on any atom is 0.330 e. The molecule has 0 aromatic carbocycles. The Balaban J connectivity index is 2.63. The molecule has 0 aromatic rings. The molecular formula is C16H26O4. The Morgan fingerprint density at radius 1 is 1.20 bits per heavy atom. The van der Waals surface area contributed by atoms with E-state index in [4.69, 9.17) is 9.47 Å². The molecule has 1 saturated carbocycles. The number of ether oxygens (including phenoxy) is 2. The van der Waals surface area contributed by atoms with Gasteiger partial charge in [-0.25, -0.2) is 4.79 Å². The maximum absolute atomic E-state index is 12.1. The van der Waals surface area contributed by atoms with Crippen molar-refractivity contribution in [3.63, 3.8) is 0 Å². The summed E-state index contributed by atoms with van der Waals surface area (Å²) in [6.45, 7) is 13.2.